The molecule has 1 nitrogen and oxygen atoms in total. The molecule has 1 saturated carbocycles. The number of thioether (sulfide) groups is 1. The van der Waals surface area contributed by atoms with E-state index in [0.29, 0.717) is 4.87 Å². The molecule has 3 unspecified atom stereocenters. The van der Waals surface area contributed by atoms with Crippen LogP contribution in [-0.4, -0.2) is 17.2 Å². The Morgan fingerprint density at radius 1 is 1.33 bits per heavy atom. The van der Waals surface area contributed by atoms with Crippen LogP contribution in [0.4, 0.5) is 0 Å². The molecular weight excluding hydrogens is 166 g/mol. The third kappa shape index (κ3) is 1.39. The van der Waals surface area contributed by atoms with Gasteiger partial charge in [-0.25, -0.2) is 0 Å². The van der Waals surface area contributed by atoms with Crippen LogP contribution in [0.15, 0.2) is 0 Å². The molecule has 2 heteroatoms. The van der Waals surface area contributed by atoms with Crippen molar-refractivity contribution in [1.82, 2.24) is 5.32 Å². The van der Waals surface area contributed by atoms with Crippen molar-refractivity contribution >= 4 is 11.8 Å². The summed E-state index contributed by atoms with van der Waals surface area (Å²) in [6.07, 6.45) is 4.24. The molecule has 2 fully saturated rings. The van der Waals surface area contributed by atoms with Crippen LogP contribution >= 0.6 is 11.8 Å². The Bertz CT molecular complexity index is 163. The topological polar surface area (TPSA) is 12.0 Å². The maximum atomic E-state index is 3.72. The van der Waals surface area contributed by atoms with Gasteiger partial charge in [-0.2, -0.15) is 0 Å². The van der Waals surface area contributed by atoms with E-state index in [0.717, 1.165) is 11.8 Å². The van der Waals surface area contributed by atoms with Gasteiger partial charge in [-0.15, -0.1) is 11.8 Å². The van der Waals surface area contributed by atoms with Crippen LogP contribution in [-0.2, 0) is 0 Å². The zero-order valence-corrected chi connectivity index (χ0v) is 8.91. The smallest absolute Gasteiger partial charge is 0.0674 e. The third-order valence-corrected chi connectivity index (χ3v) is 5.06. The number of hydrogen-bond acceptors (Lipinski definition) is 2. The first-order valence-corrected chi connectivity index (χ1v) is 6.10. The molecule has 2 rings (SSSR count). The van der Waals surface area contributed by atoms with Crippen molar-refractivity contribution in [3.8, 4) is 0 Å². The molecule has 0 bridgehead atoms. The van der Waals surface area contributed by atoms with Gasteiger partial charge in [-0.05, 0) is 24.7 Å². The van der Waals surface area contributed by atoms with Gasteiger partial charge in [0.05, 0.1) is 4.87 Å². The molecule has 1 aliphatic carbocycles. The van der Waals surface area contributed by atoms with Gasteiger partial charge in [0, 0.05) is 12.3 Å². The summed E-state index contributed by atoms with van der Waals surface area (Å²) in [4.78, 5) is 0.470. The van der Waals surface area contributed by atoms with E-state index >= 15 is 0 Å². The van der Waals surface area contributed by atoms with Crippen molar-refractivity contribution in [1.29, 1.82) is 0 Å². The number of hydrogen-bond donors (Lipinski definition) is 1. The molecule has 12 heavy (non-hydrogen) atoms. The second kappa shape index (κ2) is 3.22. The normalized spacial score (nSPS) is 48.5. The fourth-order valence-corrected chi connectivity index (χ4v) is 4.16. The number of nitrogens with one attached hydrogen (secondary N) is 1. The van der Waals surface area contributed by atoms with Gasteiger partial charge in [-0.3, -0.25) is 0 Å². The lowest BCUT2D eigenvalue weighted by Gasteiger charge is -2.41. The Hall–Kier alpha value is 0.310. The molecule has 0 radical (unpaired) electrons. The molecule has 1 saturated heterocycles. The Morgan fingerprint density at radius 2 is 2.17 bits per heavy atom. The minimum atomic E-state index is 0.470. The van der Waals surface area contributed by atoms with Crippen LogP contribution in [0.3, 0.4) is 0 Å². The molecule has 1 aliphatic heterocycles. The average molecular weight is 185 g/mol. The first-order chi connectivity index (χ1) is 5.73. The van der Waals surface area contributed by atoms with Gasteiger partial charge in [-0.1, -0.05) is 20.3 Å². The van der Waals surface area contributed by atoms with Crippen molar-refractivity contribution in [3.05, 3.63) is 0 Å². The van der Waals surface area contributed by atoms with E-state index in [9.17, 15) is 0 Å². The third-order valence-electron chi connectivity index (χ3n) is 3.43. The van der Waals surface area contributed by atoms with Crippen LogP contribution in [0.2, 0.25) is 0 Å². The first-order valence-electron chi connectivity index (χ1n) is 5.12. The van der Waals surface area contributed by atoms with Crippen molar-refractivity contribution in [2.75, 3.05) is 12.3 Å². The largest absolute Gasteiger partial charge is 0.302 e. The summed E-state index contributed by atoms with van der Waals surface area (Å²) in [6, 6.07) is 0. The van der Waals surface area contributed by atoms with E-state index in [1.807, 2.05) is 0 Å². The fraction of sp³-hybridized carbons (Fsp3) is 1.00. The minimum Gasteiger partial charge on any atom is -0.302 e. The van der Waals surface area contributed by atoms with Crippen molar-refractivity contribution in [2.45, 2.75) is 38.0 Å². The quantitative estimate of drug-likeness (QED) is 0.622. The predicted octanol–water partition coefficient (Wildman–Crippen LogP) is 2.48. The summed E-state index contributed by atoms with van der Waals surface area (Å²) in [6.45, 7) is 6.03. The lowest BCUT2D eigenvalue weighted by molar-refractivity contribution is 0.211. The molecule has 2 aliphatic rings. The Morgan fingerprint density at radius 3 is 2.83 bits per heavy atom. The van der Waals surface area contributed by atoms with E-state index in [1.165, 1.54) is 31.6 Å². The van der Waals surface area contributed by atoms with Crippen LogP contribution < -0.4 is 5.32 Å². The van der Waals surface area contributed by atoms with E-state index in [-0.39, 0.29) is 0 Å². The second-order valence-electron chi connectivity index (χ2n) is 4.45. The molecule has 0 aromatic rings. The second-order valence-corrected chi connectivity index (χ2v) is 5.88. The maximum absolute atomic E-state index is 3.72. The Balaban J connectivity index is 2.09. The van der Waals surface area contributed by atoms with E-state index in [4.69, 9.17) is 0 Å². The highest BCUT2D eigenvalue weighted by molar-refractivity contribution is 8.00. The highest BCUT2D eigenvalue weighted by Gasteiger charge is 2.42. The molecule has 0 aromatic heterocycles. The highest BCUT2D eigenvalue weighted by atomic mass is 32.2. The highest BCUT2D eigenvalue weighted by Crippen LogP contribution is 2.46. The van der Waals surface area contributed by atoms with Crippen LogP contribution in [0.1, 0.15) is 33.1 Å². The predicted molar refractivity (Wildman–Crippen MR) is 55.4 cm³/mol. The van der Waals surface area contributed by atoms with Crippen LogP contribution in [0.25, 0.3) is 0 Å². The van der Waals surface area contributed by atoms with Crippen molar-refractivity contribution in [3.63, 3.8) is 0 Å². The van der Waals surface area contributed by atoms with Gasteiger partial charge < -0.3 is 5.32 Å². The summed E-state index contributed by atoms with van der Waals surface area (Å²) >= 11 is 2.17. The van der Waals surface area contributed by atoms with Crippen molar-refractivity contribution < 1.29 is 0 Å². The lowest BCUT2D eigenvalue weighted by Crippen LogP contribution is -2.47. The van der Waals surface area contributed by atoms with E-state index < -0.39 is 0 Å². The zero-order chi connectivity index (χ0) is 8.60. The molecular formula is C10H19NS. The minimum absolute atomic E-state index is 0.470. The van der Waals surface area contributed by atoms with Crippen LogP contribution in [0.5, 0.6) is 0 Å². The average Bonchev–Trinajstić information content (AvgIpc) is 2.48. The summed E-state index contributed by atoms with van der Waals surface area (Å²) in [7, 11) is 0. The molecule has 1 spiro atoms. The monoisotopic (exact) mass is 185 g/mol. The zero-order valence-electron chi connectivity index (χ0n) is 8.10. The summed E-state index contributed by atoms with van der Waals surface area (Å²) in [5.41, 5.74) is 0. The van der Waals surface area contributed by atoms with Crippen LogP contribution in [0, 0.1) is 11.8 Å². The lowest BCUT2D eigenvalue weighted by atomic mass is 9.79. The summed E-state index contributed by atoms with van der Waals surface area (Å²) < 4.78 is 0. The van der Waals surface area contributed by atoms with Gasteiger partial charge in [0.15, 0.2) is 0 Å². The molecule has 1 heterocycles. The maximum Gasteiger partial charge on any atom is 0.0674 e. The number of rotatable bonds is 0. The molecule has 0 amide bonds. The summed E-state index contributed by atoms with van der Waals surface area (Å²) in [5.74, 6) is 3.12. The Kier molecular flexibility index (Phi) is 2.39. The van der Waals surface area contributed by atoms with Gasteiger partial charge in [0.1, 0.15) is 0 Å². The van der Waals surface area contributed by atoms with Gasteiger partial charge in [0.25, 0.3) is 0 Å². The fourth-order valence-electron chi connectivity index (χ4n) is 2.58. The summed E-state index contributed by atoms with van der Waals surface area (Å²) in [5, 5.41) is 3.72. The van der Waals surface area contributed by atoms with Crippen molar-refractivity contribution in [2.24, 2.45) is 11.8 Å². The SMILES string of the molecule is CC1CCC(C)C2(C1)NCCS2. The standard InChI is InChI=1S/C10H19NS/c1-8-3-4-9(2)10(7-8)11-5-6-12-10/h8-9,11H,3-7H2,1-2H3. The molecule has 0 aromatic carbocycles. The molecule has 1 N–H and O–H groups in total. The van der Waals surface area contributed by atoms with E-state index in [1.54, 1.807) is 0 Å². The first kappa shape index (κ1) is 8.89. The van der Waals surface area contributed by atoms with E-state index in [2.05, 4.69) is 30.9 Å². The Labute approximate surface area is 79.7 Å². The molecule has 3 atom stereocenters. The van der Waals surface area contributed by atoms with Gasteiger partial charge >= 0.3 is 0 Å². The van der Waals surface area contributed by atoms with Gasteiger partial charge in [0.2, 0.25) is 0 Å². The molecule has 70 valence electrons.